The SMILES string of the molecule is Cc1cc(Cl)c(C(=O)c2nc[nH]c2C(=O)O)cc1C. The average Bonchev–Trinajstić information content (AvgIpc) is 2.82. The smallest absolute Gasteiger partial charge is 0.354 e. The maximum Gasteiger partial charge on any atom is 0.354 e. The Kier molecular flexibility index (Phi) is 3.40. The zero-order valence-corrected chi connectivity index (χ0v) is 11.1. The second-order valence-electron chi connectivity index (χ2n) is 4.18. The van der Waals surface area contributed by atoms with Gasteiger partial charge < -0.3 is 10.1 Å². The third kappa shape index (κ3) is 2.37. The fraction of sp³-hybridized carbons (Fsp3) is 0.154. The molecule has 1 aromatic carbocycles. The van der Waals surface area contributed by atoms with E-state index in [1.807, 2.05) is 13.8 Å². The zero-order chi connectivity index (χ0) is 14.2. The van der Waals surface area contributed by atoms with E-state index < -0.39 is 11.8 Å². The van der Waals surface area contributed by atoms with Crippen LogP contribution in [0, 0.1) is 13.8 Å². The van der Waals surface area contributed by atoms with Crippen LogP contribution >= 0.6 is 11.6 Å². The molecule has 2 rings (SSSR count). The van der Waals surface area contributed by atoms with Crippen molar-refractivity contribution in [3.05, 3.63) is 51.6 Å². The number of ketones is 1. The third-order valence-electron chi connectivity index (χ3n) is 2.90. The molecular weight excluding hydrogens is 268 g/mol. The standard InChI is InChI=1S/C13H11ClN2O3/c1-6-3-8(9(14)4-7(6)2)12(17)10-11(13(18)19)16-5-15-10/h3-5H,1-2H3,(H,15,16)(H,18,19). The van der Waals surface area contributed by atoms with Crippen molar-refractivity contribution in [1.29, 1.82) is 0 Å². The topological polar surface area (TPSA) is 83.0 Å². The lowest BCUT2D eigenvalue weighted by molar-refractivity contribution is 0.0687. The van der Waals surface area contributed by atoms with Crippen LogP contribution in [-0.4, -0.2) is 26.8 Å². The second-order valence-corrected chi connectivity index (χ2v) is 4.58. The van der Waals surface area contributed by atoms with Gasteiger partial charge in [0, 0.05) is 5.56 Å². The number of aromatic amines is 1. The van der Waals surface area contributed by atoms with Crippen molar-refractivity contribution in [2.24, 2.45) is 0 Å². The molecule has 0 saturated carbocycles. The van der Waals surface area contributed by atoms with Gasteiger partial charge in [0.2, 0.25) is 5.78 Å². The number of carbonyl (C=O) groups excluding carboxylic acids is 1. The lowest BCUT2D eigenvalue weighted by Crippen LogP contribution is -2.10. The molecule has 0 atom stereocenters. The molecule has 0 unspecified atom stereocenters. The summed E-state index contributed by atoms with van der Waals surface area (Å²) in [5.41, 5.74) is 1.73. The minimum absolute atomic E-state index is 0.141. The van der Waals surface area contributed by atoms with Gasteiger partial charge in [0.1, 0.15) is 5.69 Å². The van der Waals surface area contributed by atoms with E-state index in [2.05, 4.69) is 9.97 Å². The van der Waals surface area contributed by atoms with Gasteiger partial charge in [-0.3, -0.25) is 4.79 Å². The molecule has 2 aromatic rings. The van der Waals surface area contributed by atoms with Crippen LogP contribution in [0.4, 0.5) is 0 Å². The molecule has 5 nitrogen and oxygen atoms in total. The van der Waals surface area contributed by atoms with Gasteiger partial charge in [-0.25, -0.2) is 9.78 Å². The molecule has 0 saturated heterocycles. The van der Waals surface area contributed by atoms with E-state index in [4.69, 9.17) is 16.7 Å². The predicted molar refractivity (Wildman–Crippen MR) is 69.9 cm³/mol. The van der Waals surface area contributed by atoms with Gasteiger partial charge in [-0.2, -0.15) is 0 Å². The van der Waals surface area contributed by atoms with E-state index in [9.17, 15) is 9.59 Å². The number of nitrogens with zero attached hydrogens (tertiary/aromatic N) is 1. The summed E-state index contributed by atoms with van der Waals surface area (Å²) in [6, 6.07) is 3.32. The van der Waals surface area contributed by atoms with Crippen molar-refractivity contribution < 1.29 is 14.7 Å². The van der Waals surface area contributed by atoms with Crippen molar-refractivity contribution >= 4 is 23.4 Å². The molecule has 6 heteroatoms. The molecule has 0 aliphatic heterocycles. The number of aromatic nitrogens is 2. The fourth-order valence-electron chi connectivity index (χ4n) is 1.71. The number of hydrogen-bond acceptors (Lipinski definition) is 3. The van der Waals surface area contributed by atoms with Crippen LogP contribution in [0.15, 0.2) is 18.5 Å². The number of halogens is 1. The number of H-pyrrole nitrogens is 1. The Morgan fingerprint density at radius 1 is 1.26 bits per heavy atom. The molecule has 2 N–H and O–H groups in total. The number of carboxylic acids is 1. The minimum atomic E-state index is -1.24. The molecule has 1 aromatic heterocycles. The van der Waals surface area contributed by atoms with E-state index in [1.54, 1.807) is 12.1 Å². The van der Waals surface area contributed by atoms with Gasteiger partial charge in [-0.1, -0.05) is 11.6 Å². The van der Waals surface area contributed by atoms with Crippen LogP contribution in [0.2, 0.25) is 5.02 Å². The maximum absolute atomic E-state index is 12.3. The second kappa shape index (κ2) is 4.85. The highest BCUT2D eigenvalue weighted by Gasteiger charge is 2.23. The highest BCUT2D eigenvalue weighted by atomic mass is 35.5. The molecule has 1 heterocycles. The molecular formula is C13H11ClN2O3. The van der Waals surface area contributed by atoms with Crippen LogP contribution < -0.4 is 0 Å². The Balaban J connectivity index is 2.53. The van der Waals surface area contributed by atoms with Gasteiger partial charge in [0.05, 0.1) is 11.3 Å². The van der Waals surface area contributed by atoms with Crippen LogP contribution in [0.25, 0.3) is 0 Å². The largest absolute Gasteiger partial charge is 0.477 e. The van der Waals surface area contributed by atoms with Crippen LogP contribution in [0.5, 0.6) is 0 Å². The first-order valence-corrected chi connectivity index (χ1v) is 5.87. The zero-order valence-electron chi connectivity index (χ0n) is 10.3. The number of carbonyl (C=O) groups is 2. The van der Waals surface area contributed by atoms with E-state index in [0.29, 0.717) is 0 Å². The number of benzene rings is 1. The summed E-state index contributed by atoms with van der Waals surface area (Å²) in [5.74, 6) is -1.74. The molecule has 0 fully saturated rings. The molecule has 0 aliphatic rings. The van der Waals surface area contributed by atoms with Crippen molar-refractivity contribution in [2.45, 2.75) is 13.8 Å². The molecule has 0 aliphatic carbocycles. The van der Waals surface area contributed by atoms with Crippen molar-refractivity contribution in [1.82, 2.24) is 9.97 Å². The van der Waals surface area contributed by atoms with Crippen LogP contribution in [0.3, 0.4) is 0 Å². The number of aryl methyl sites for hydroxylation is 2. The first-order valence-electron chi connectivity index (χ1n) is 5.50. The van der Waals surface area contributed by atoms with Gasteiger partial charge >= 0.3 is 5.97 Å². The summed E-state index contributed by atoms with van der Waals surface area (Å²) < 4.78 is 0. The number of rotatable bonds is 3. The minimum Gasteiger partial charge on any atom is -0.477 e. The highest BCUT2D eigenvalue weighted by molar-refractivity contribution is 6.35. The lowest BCUT2D eigenvalue weighted by atomic mass is 10.0. The Morgan fingerprint density at radius 3 is 2.53 bits per heavy atom. The average molecular weight is 279 g/mol. The maximum atomic E-state index is 12.3. The van der Waals surface area contributed by atoms with E-state index >= 15 is 0 Å². The number of hydrogen-bond donors (Lipinski definition) is 2. The normalized spacial score (nSPS) is 10.5. The Morgan fingerprint density at radius 2 is 1.89 bits per heavy atom. The molecule has 0 bridgehead atoms. The molecule has 0 spiro atoms. The predicted octanol–water partition coefficient (Wildman–Crippen LogP) is 2.61. The Hall–Kier alpha value is -2.14. The summed E-state index contributed by atoms with van der Waals surface area (Å²) in [7, 11) is 0. The Bertz CT molecular complexity index is 677. The van der Waals surface area contributed by atoms with Gasteiger partial charge in [0.25, 0.3) is 0 Å². The number of imidazole rings is 1. The van der Waals surface area contributed by atoms with E-state index in [0.717, 1.165) is 11.1 Å². The van der Waals surface area contributed by atoms with Gasteiger partial charge in [-0.05, 0) is 37.1 Å². The summed E-state index contributed by atoms with van der Waals surface area (Å²) in [6.45, 7) is 3.73. The number of carboxylic acid groups (broad SMARTS) is 1. The van der Waals surface area contributed by atoms with Crippen molar-refractivity contribution in [2.75, 3.05) is 0 Å². The summed E-state index contributed by atoms with van der Waals surface area (Å²) in [6.07, 6.45) is 1.17. The first-order chi connectivity index (χ1) is 8.91. The lowest BCUT2D eigenvalue weighted by Gasteiger charge is -2.06. The van der Waals surface area contributed by atoms with Crippen LogP contribution in [-0.2, 0) is 0 Å². The van der Waals surface area contributed by atoms with Crippen molar-refractivity contribution in [3.8, 4) is 0 Å². The number of nitrogens with one attached hydrogen (secondary N) is 1. The first kappa shape index (κ1) is 13.3. The van der Waals surface area contributed by atoms with E-state index in [1.165, 1.54) is 6.33 Å². The third-order valence-corrected chi connectivity index (χ3v) is 3.21. The summed E-state index contributed by atoms with van der Waals surface area (Å²) >= 11 is 6.04. The summed E-state index contributed by atoms with van der Waals surface area (Å²) in [5, 5.41) is 9.25. The monoisotopic (exact) mass is 278 g/mol. The quantitative estimate of drug-likeness (QED) is 0.846. The van der Waals surface area contributed by atoms with Crippen LogP contribution in [0.1, 0.15) is 37.7 Å². The molecule has 19 heavy (non-hydrogen) atoms. The highest BCUT2D eigenvalue weighted by Crippen LogP contribution is 2.23. The van der Waals surface area contributed by atoms with Crippen molar-refractivity contribution in [3.63, 3.8) is 0 Å². The summed E-state index contributed by atoms with van der Waals surface area (Å²) in [4.78, 5) is 29.4. The molecule has 98 valence electrons. The van der Waals surface area contributed by atoms with Gasteiger partial charge in [0.15, 0.2) is 5.69 Å². The van der Waals surface area contributed by atoms with Gasteiger partial charge in [-0.15, -0.1) is 0 Å². The Labute approximate surface area is 114 Å². The molecule has 0 amide bonds. The number of aromatic carboxylic acids is 1. The molecule has 0 radical (unpaired) electrons. The fourth-order valence-corrected chi connectivity index (χ4v) is 2.02. The van der Waals surface area contributed by atoms with E-state index in [-0.39, 0.29) is 22.0 Å².